The summed E-state index contributed by atoms with van der Waals surface area (Å²) in [6, 6.07) is 8.70. The van der Waals surface area contributed by atoms with E-state index in [1.165, 1.54) is 0 Å². The summed E-state index contributed by atoms with van der Waals surface area (Å²) in [7, 11) is 1.70. The molecule has 1 aliphatic heterocycles. The lowest BCUT2D eigenvalue weighted by Gasteiger charge is -2.34. The Hall–Kier alpha value is -2.42. The second-order valence-corrected chi connectivity index (χ2v) is 6.86. The number of nitrogens with zero attached hydrogens (tertiary/aromatic N) is 3. The van der Waals surface area contributed by atoms with Crippen LogP contribution in [0.1, 0.15) is 10.5 Å². The maximum atomic E-state index is 12.7. The third-order valence-electron chi connectivity index (χ3n) is 4.18. The topological polar surface area (TPSA) is 96.1 Å². The Balaban J connectivity index is 1.64. The largest absolute Gasteiger partial charge is 0.480 e. The molecule has 2 heterocycles. The first-order valence-electron chi connectivity index (χ1n) is 8.46. The monoisotopic (exact) mass is 393 g/mol. The van der Waals surface area contributed by atoms with Gasteiger partial charge in [0.25, 0.3) is 5.91 Å². The first-order valence-corrected chi connectivity index (χ1v) is 8.84. The van der Waals surface area contributed by atoms with Crippen molar-refractivity contribution in [3.8, 4) is 11.3 Å². The number of amides is 1. The molecule has 1 amide bonds. The Kier molecular flexibility index (Phi) is 6.10. The van der Waals surface area contributed by atoms with E-state index in [1.807, 2.05) is 6.07 Å². The van der Waals surface area contributed by atoms with Gasteiger partial charge in [-0.25, -0.2) is 0 Å². The average molecular weight is 394 g/mol. The number of benzene rings is 1. The van der Waals surface area contributed by atoms with E-state index in [0.29, 0.717) is 37.0 Å². The highest BCUT2D eigenvalue weighted by Gasteiger charge is 2.28. The number of carbonyl (C=O) groups is 2. The van der Waals surface area contributed by atoms with Gasteiger partial charge in [0, 0.05) is 36.3 Å². The highest BCUT2D eigenvalue weighted by molar-refractivity contribution is 6.30. The Bertz CT molecular complexity index is 825. The van der Waals surface area contributed by atoms with Gasteiger partial charge in [0.1, 0.15) is 0 Å². The van der Waals surface area contributed by atoms with Crippen LogP contribution < -0.4 is 0 Å². The van der Waals surface area contributed by atoms with Crippen LogP contribution in [0.3, 0.4) is 0 Å². The molecule has 9 heteroatoms. The van der Waals surface area contributed by atoms with Gasteiger partial charge in [0.15, 0.2) is 11.5 Å². The van der Waals surface area contributed by atoms with Crippen molar-refractivity contribution in [3.63, 3.8) is 0 Å². The van der Waals surface area contributed by atoms with Crippen molar-refractivity contribution in [1.82, 2.24) is 15.0 Å². The molecule has 1 fully saturated rings. The molecule has 27 heavy (non-hydrogen) atoms. The van der Waals surface area contributed by atoms with Crippen LogP contribution in [-0.2, 0) is 9.53 Å². The highest BCUT2D eigenvalue weighted by Crippen LogP contribution is 2.24. The van der Waals surface area contributed by atoms with Crippen LogP contribution >= 0.6 is 11.6 Å². The summed E-state index contributed by atoms with van der Waals surface area (Å²) in [5.74, 6) is -0.689. The number of aliphatic carboxylic acids is 1. The van der Waals surface area contributed by atoms with E-state index >= 15 is 0 Å². The molecule has 2 aromatic rings. The summed E-state index contributed by atoms with van der Waals surface area (Å²) in [5.41, 5.74) is 0.953. The molecule has 0 radical (unpaired) electrons. The van der Waals surface area contributed by atoms with Gasteiger partial charge in [-0.2, -0.15) is 0 Å². The standard InChI is InChI=1S/C18H20ClN3O5/c1-21(11-17(23)24)9-14-10-22(5-6-26-14)18(25)15-8-16(27-20-15)12-3-2-4-13(19)7-12/h2-4,7-8,14H,5-6,9-11H2,1H3,(H,23,24). The van der Waals surface area contributed by atoms with Crippen molar-refractivity contribution in [2.45, 2.75) is 6.10 Å². The molecular formula is C18H20ClN3O5. The molecule has 8 nitrogen and oxygen atoms in total. The predicted molar refractivity (Wildman–Crippen MR) is 97.7 cm³/mol. The van der Waals surface area contributed by atoms with Crippen LogP contribution in [0.15, 0.2) is 34.9 Å². The number of likely N-dealkylation sites (N-methyl/N-ethyl adjacent to an activating group) is 1. The summed E-state index contributed by atoms with van der Waals surface area (Å²) >= 11 is 5.98. The number of hydrogen-bond acceptors (Lipinski definition) is 6. The summed E-state index contributed by atoms with van der Waals surface area (Å²) in [6.45, 7) is 1.53. The van der Waals surface area contributed by atoms with Crippen molar-refractivity contribution in [2.24, 2.45) is 0 Å². The number of carboxylic acid groups (broad SMARTS) is 1. The lowest BCUT2D eigenvalue weighted by atomic mass is 10.1. The second kappa shape index (κ2) is 8.51. The third kappa shape index (κ3) is 5.06. The maximum absolute atomic E-state index is 12.7. The number of morpholine rings is 1. The van der Waals surface area contributed by atoms with Crippen molar-refractivity contribution >= 4 is 23.5 Å². The van der Waals surface area contributed by atoms with E-state index in [9.17, 15) is 9.59 Å². The van der Waals surface area contributed by atoms with Crippen molar-refractivity contribution in [1.29, 1.82) is 0 Å². The summed E-state index contributed by atoms with van der Waals surface area (Å²) in [4.78, 5) is 26.8. The molecular weight excluding hydrogens is 374 g/mol. The molecule has 144 valence electrons. The summed E-state index contributed by atoms with van der Waals surface area (Å²) in [6.07, 6.45) is -0.258. The molecule has 0 bridgehead atoms. The van der Waals surface area contributed by atoms with E-state index in [1.54, 1.807) is 41.1 Å². The Morgan fingerprint density at radius 1 is 1.41 bits per heavy atom. The molecule has 1 unspecified atom stereocenters. The van der Waals surface area contributed by atoms with E-state index in [4.69, 9.17) is 26.0 Å². The van der Waals surface area contributed by atoms with E-state index in [-0.39, 0.29) is 24.2 Å². The van der Waals surface area contributed by atoms with Crippen LogP contribution in [0.5, 0.6) is 0 Å². The fourth-order valence-corrected chi connectivity index (χ4v) is 3.16. The number of aromatic nitrogens is 1. The molecule has 0 spiro atoms. The van der Waals surface area contributed by atoms with E-state index < -0.39 is 5.97 Å². The fraction of sp³-hybridized carbons (Fsp3) is 0.389. The van der Waals surface area contributed by atoms with Crippen LogP contribution in [0.25, 0.3) is 11.3 Å². The van der Waals surface area contributed by atoms with Gasteiger partial charge in [-0.1, -0.05) is 28.9 Å². The molecule has 1 aliphatic rings. The molecule has 1 saturated heterocycles. The minimum Gasteiger partial charge on any atom is -0.480 e. The lowest BCUT2D eigenvalue weighted by Crippen LogP contribution is -2.49. The predicted octanol–water partition coefficient (Wildman–Crippen LogP) is 1.85. The smallest absolute Gasteiger partial charge is 0.317 e. The zero-order chi connectivity index (χ0) is 19.4. The van der Waals surface area contributed by atoms with E-state index in [0.717, 1.165) is 5.56 Å². The quantitative estimate of drug-likeness (QED) is 0.800. The Labute approximate surface area is 161 Å². The average Bonchev–Trinajstić information content (AvgIpc) is 3.10. The van der Waals surface area contributed by atoms with Crippen LogP contribution in [0.4, 0.5) is 0 Å². The zero-order valence-electron chi connectivity index (χ0n) is 14.8. The number of carbonyl (C=O) groups excluding carboxylic acids is 1. The normalized spacial score (nSPS) is 17.3. The highest BCUT2D eigenvalue weighted by atomic mass is 35.5. The second-order valence-electron chi connectivity index (χ2n) is 6.42. The number of halogens is 1. The molecule has 1 aromatic heterocycles. The number of hydrogen-bond donors (Lipinski definition) is 1. The van der Waals surface area contributed by atoms with Crippen molar-refractivity contribution < 1.29 is 24.0 Å². The van der Waals surface area contributed by atoms with Gasteiger partial charge in [-0.05, 0) is 19.2 Å². The SMILES string of the molecule is CN(CC(=O)O)CC1CN(C(=O)c2cc(-c3cccc(Cl)c3)on2)CCO1. The van der Waals surface area contributed by atoms with Gasteiger partial charge in [0.05, 0.1) is 19.3 Å². The Morgan fingerprint density at radius 3 is 2.96 bits per heavy atom. The van der Waals surface area contributed by atoms with Crippen LogP contribution in [0, 0.1) is 0 Å². The summed E-state index contributed by atoms with van der Waals surface area (Å²) < 4.78 is 10.9. The van der Waals surface area contributed by atoms with Crippen molar-refractivity contribution in [3.05, 3.63) is 41.0 Å². The molecule has 3 rings (SSSR count). The van der Waals surface area contributed by atoms with Gasteiger partial charge >= 0.3 is 5.97 Å². The minimum absolute atomic E-state index is 0.0832. The number of ether oxygens (including phenoxy) is 1. The van der Waals surface area contributed by atoms with Crippen LogP contribution in [0.2, 0.25) is 5.02 Å². The molecule has 1 atom stereocenters. The third-order valence-corrected chi connectivity index (χ3v) is 4.42. The first kappa shape index (κ1) is 19.3. The molecule has 0 saturated carbocycles. The number of carboxylic acids is 1. The summed E-state index contributed by atoms with van der Waals surface area (Å²) in [5, 5.41) is 13.3. The Morgan fingerprint density at radius 2 is 2.22 bits per heavy atom. The molecule has 1 N–H and O–H groups in total. The number of rotatable bonds is 6. The first-order chi connectivity index (χ1) is 12.9. The van der Waals surface area contributed by atoms with Crippen molar-refractivity contribution in [2.75, 3.05) is 39.8 Å². The maximum Gasteiger partial charge on any atom is 0.317 e. The fourth-order valence-electron chi connectivity index (χ4n) is 2.97. The lowest BCUT2D eigenvalue weighted by molar-refractivity contribution is -0.138. The van der Waals surface area contributed by atoms with Gasteiger partial charge < -0.3 is 19.3 Å². The van der Waals surface area contributed by atoms with Gasteiger partial charge in [-0.15, -0.1) is 0 Å². The minimum atomic E-state index is -0.905. The zero-order valence-corrected chi connectivity index (χ0v) is 15.6. The van der Waals surface area contributed by atoms with Gasteiger partial charge in [-0.3, -0.25) is 14.5 Å². The van der Waals surface area contributed by atoms with Crippen LogP contribution in [-0.4, -0.2) is 77.9 Å². The van der Waals surface area contributed by atoms with Gasteiger partial charge in [0.2, 0.25) is 0 Å². The molecule has 0 aliphatic carbocycles. The van der Waals surface area contributed by atoms with E-state index in [2.05, 4.69) is 5.16 Å². The molecule has 1 aromatic carbocycles.